The number of amidine groups is 1. The van der Waals surface area contributed by atoms with Gasteiger partial charge in [-0.3, -0.25) is 9.59 Å². The minimum Gasteiger partial charge on any atom is -0.326 e. The minimum absolute atomic E-state index is 0.0135. The van der Waals surface area contributed by atoms with Crippen LogP contribution in [-0.4, -0.2) is 33.0 Å². The third-order valence-electron chi connectivity index (χ3n) is 6.51. The van der Waals surface area contributed by atoms with Crippen LogP contribution in [0.4, 0.5) is 5.69 Å². The number of benzene rings is 3. The molecule has 0 spiro atoms. The third-order valence-corrected chi connectivity index (χ3v) is 8.06. The first-order chi connectivity index (χ1) is 17.8. The summed E-state index contributed by atoms with van der Waals surface area (Å²) in [6.45, 7) is 6.01. The zero-order valence-corrected chi connectivity index (χ0v) is 22.4. The van der Waals surface area contributed by atoms with Crippen molar-refractivity contribution < 1.29 is 9.59 Å². The van der Waals surface area contributed by atoms with E-state index in [0.717, 1.165) is 22.4 Å². The highest BCUT2D eigenvalue weighted by Crippen LogP contribution is 2.38. The summed E-state index contributed by atoms with van der Waals surface area (Å²) >= 11 is 7.47. The van der Waals surface area contributed by atoms with Gasteiger partial charge in [-0.15, -0.1) is 0 Å². The summed E-state index contributed by atoms with van der Waals surface area (Å²) in [6.07, 6.45) is 0.707. The number of halogens is 1. The first-order valence-corrected chi connectivity index (χ1v) is 13.4. The lowest BCUT2D eigenvalue weighted by molar-refractivity contribution is -0.121. The molecule has 2 atom stereocenters. The molecule has 2 heterocycles. The zero-order valence-electron chi connectivity index (χ0n) is 20.9. The third kappa shape index (κ3) is 5.63. The van der Waals surface area contributed by atoms with Crippen molar-refractivity contribution in [2.75, 3.05) is 5.32 Å². The fourth-order valence-corrected chi connectivity index (χ4v) is 5.55. The van der Waals surface area contributed by atoms with Gasteiger partial charge in [-0.05, 0) is 49.6 Å². The van der Waals surface area contributed by atoms with Crippen LogP contribution in [0.15, 0.2) is 76.8 Å². The van der Waals surface area contributed by atoms with Crippen LogP contribution < -0.4 is 5.32 Å². The van der Waals surface area contributed by atoms with E-state index in [4.69, 9.17) is 16.7 Å². The maximum absolute atomic E-state index is 12.8. The number of aryl methyl sites for hydroxylation is 3. The van der Waals surface area contributed by atoms with Crippen LogP contribution in [0, 0.1) is 20.8 Å². The lowest BCUT2D eigenvalue weighted by atomic mass is 9.97. The highest BCUT2D eigenvalue weighted by atomic mass is 35.5. The maximum Gasteiger partial charge on any atom is 0.262 e. The van der Waals surface area contributed by atoms with Crippen molar-refractivity contribution in [1.82, 2.24) is 5.01 Å². The maximum atomic E-state index is 12.8. The number of hydrazone groups is 1. The molecule has 3 aromatic rings. The number of nitrogens with one attached hydrogen (secondary N) is 1. The Balaban J connectivity index is 1.34. The quantitative estimate of drug-likeness (QED) is 0.411. The van der Waals surface area contributed by atoms with Crippen molar-refractivity contribution in [1.29, 1.82) is 0 Å². The molecular weight excluding hydrogens is 504 g/mol. The van der Waals surface area contributed by atoms with Crippen LogP contribution in [-0.2, 0) is 9.59 Å². The highest BCUT2D eigenvalue weighted by molar-refractivity contribution is 8.15. The Bertz CT molecular complexity index is 1420. The number of carbonyl (C=O) groups excluding carboxylic acids is 2. The number of anilines is 1. The van der Waals surface area contributed by atoms with Crippen LogP contribution in [0.1, 0.15) is 46.7 Å². The van der Waals surface area contributed by atoms with Crippen LogP contribution in [0.5, 0.6) is 0 Å². The Labute approximate surface area is 225 Å². The molecule has 2 amide bonds. The Morgan fingerprint density at radius 3 is 2.38 bits per heavy atom. The second-order valence-corrected chi connectivity index (χ2v) is 11.0. The van der Waals surface area contributed by atoms with Crippen molar-refractivity contribution in [3.8, 4) is 0 Å². The van der Waals surface area contributed by atoms with Gasteiger partial charge in [0.1, 0.15) is 5.25 Å². The topological polar surface area (TPSA) is 74.1 Å². The lowest BCUT2D eigenvalue weighted by Gasteiger charge is -2.23. The number of carbonyl (C=O) groups is 2. The van der Waals surface area contributed by atoms with Crippen molar-refractivity contribution in [3.63, 3.8) is 0 Å². The summed E-state index contributed by atoms with van der Waals surface area (Å²) < 4.78 is 0. The molecule has 0 aromatic heterocycles. The van der Waals surface area contributed by atoms with Crippen molar-refractivity contribution >= 4 is 51.7 Å². The molecule has 3 aromatic carbocycles. The van der Waals surface area contributed by atoms with Gasteiger partial charge in [-0.25, -0.2) is 5.01 Å². The van der Waals surface area contributed by atoms with Crippen molar-refractivity contribution in [2.45, 2.75) is 44.9 Å². The molecule has 6 nitrogen and oxygen atoms in total. The minimum atomic E-state index is -0.604. The van der Waals surface area contributed by atoms with Crippen LogP contribution in [0.2, 0.25) is 5.02 Å². The number of rotatable bonds is 5. The fourth-order valence-electron chi connectivity index (χ4n) is 4.31. The van der Waals surface area contributed by atoms with E-state index in [0.29, 0.717) is 22.3 Å². The molecule has 0 fully saturated rings. The van der Waals surface area contributed by atoms with E-state index in [1.54, 1.807) is 12.1 Å². The largest absolute Gasteiger partial charge is 0.326 e. The predicted molar refractivity (Wildman–Crippen MR) is 151 cm³/mol. The number of amides is 2. The number of nitrogens with zero attached hydrogens (tertiary/aromatic N) is 3. The van der Waals surface area contributed by atoms with Gasteiger partial charge >= 0.3 is 0 Å². The summed E-state index contributed by atoms with van der Waals surface area (Å²) in [5, 5.41) is 10.1. The highest BCUT2D eigenvalue weighted by Gasteiger charge is 2.39. The molecule has 1 N–H and O–H groups in total. The summed E-state index contributed by atoms with van der Waals surface area (Å²) in [5.41, 5.74) is 6.99. The van der Waals surface area contributed by atoms with Crippen LogP contribution >= 0.6 is 23.4 Å². The summed E-state index contributed by atoms with van der Waals surface area (Å²) in [5.74, 6) is -0.582. The van der Waals surface area contributed by atoms with E-state index < -0.39 is 5.25 Å². The van der Waals surface area contributed by atoms with Gasteiger partial charge in [0.05, 0.1) is 11.8 Å². The molecule has 0 aliphatic carbocycles. The van der Waals surface area contributed by atoms with Gasteiger partial charge < -0.3 is 5.32 Å². The van der Waals surface area contributed by atoms with E-state index in [9.17, 15) is 9.59 Å². The normalized spacial score (nSPS) is 19.1. The molecule has 188 valence electrons. The van der Waals surface area contributed by atoms with Gasteiger partial charge in [0.15, 0.2) is 5.17 Å². The monoisotopic (exact) mass is 530 g/mol. The molecule has 0 unspecified atom stereocenters. The zero-order chi connectivity index (χ0) is 26.1. The van der Waals surface area contributed by atoms with Crippen LogP contribution in [0.3, 0.4) is 0 Å². The summed E-state index contributed by atoms with van der Waals surface area (Å²) in [4.78, 5) is 29.9. The molecule has 2 aliphatic heterocycles. The van der Waals surface area contributed by atoms with Gasteiger partial charge in [0, 0.05) is 23.6 Å². The smallest absolute Gasteiger partial charge is 0.262 e. The average Bonchev–Trinajstić information content (AvgIpc) is 3.46. The number of thioether (sulfide) groups is 1. The van der Waals surface area contributed by atoms with Crippen molar-refractivity contribution in [3.05, 3.63) is 99.6 Å². The number of aliphatic imine (C=N–C) groups is 1. The molecule has 37 heavy (non-hydrogen) atoms. The van der Waals surface area contributed by atoms with Gasteiger partial charge in [-0.1, -0.05) is 89.1 Å². The second-order valence-electron chi connectivity index (χ2n) is 9.44. The second kappa shape index (κ2) is 10.5. The van der Waals surface area contributed by atoms with E-state index >= 15 is 0 Å². The molecule has 0 radical (unpaired) electrons. The SMILES string of the molecule is Cc1ccc(C2=NN(C3=NC(=O)[C@H](CC(=O)Nc4ccc(C)c(Cl)c4)S3)[C@H](c3ccc(C)cc3)C2)cc1. The van der Waals surface area contributed by atoms with Crippen LogP contribution in [0.25, 0.3) is 0 Å². The van der Waals surface area contributed by atoms with Gasteiger partial charge in [0.2, 0.25) is 5.91 Å². The first kappa shape index (κ1) is 25.2. The number of hydrogen-bond donors (Lipinski definition) is 1. The Hall–Kier alpha value is -3.42. The molecule has 0 saturated heterocycles. The Kier molecular flexibility index (Phi) is 7.17. The van der Waals surface area contributed by atoms with E-state index in [1.807, 2.05) is 18.0 Å². The van der Waals surface area contributed by atoms with E-state index in [1.165, 1.54) is 22.9 Å². The van der Waals surface area contributed by atoms with Gasteiger partial charge in [0.25, 0.3) is 5.91 Å². The summed E-state index contributed by atoms with van der Waals surface area (Å²) in [7, 11) is 0. The van der Waals surface area contributed by atoms with Gasteiger partial charge in [-0.2, -0.15) is 10.1 Å². The Morgan fingerprint density at radius 2 is 1.70 bits per heavy atom. The first-order valence-electron chi connectivity index (χ1n) is 12.1. The average molecular weight is 531 g/mol. The molecule has 0 bridgehead atoms. The molecule has 8 heteroatoms. The lowest BCUT2D eigenvalue weighted by Crippen LogP contribution is -2.25. The predicted octanol–water partition coefficient (Wildman–Crippen LogP) is 6.44. The summed E-state index contributed by atoms with van der Waals surface area (Å²) in [6, 6.07) is 21.9. The molecule has 5 rings (SSSR count). The van der Waals surface area contributed by atoms with Crippen molar-refractivity contribution in [2.24, 2.45) is 10.1 Å². The Morgan fingerprint density at radius 1 is 1.03 bits per heavy atom. The molecular formula is C29H27ClN4O2S. The fraction of sp³-hybridized carbons (Fsp3) is 0.241. The molecule has 2 aliphatic rings. The number of hydrogen-bond acceptors (Lipinski definition) is 5. The molecule has 0 saturated carbocycles. The standard InChI is InChI=1S/C29H27ClN4O2S/c1-17-4-9-20(10-5-17)24-15-25(21-11-6-18(2)7-12-21)34(33-24)29-32-28(36)26(37-29)16-27(35)31-22-13-8-19(3)23(30)14-22/h4-14,25-26H,15-16H2,1-3H3,(H,31,35)/t25-,26-/m0/s1. The van der Waals surface area contributed by atoms with E-state index in [-0.39, 0.29) is 24.3 Å². The van der Waals surface area contributed by atoms with E-state index in [2.05, 4.69) is 72.7 Å².